The van der Waals surface area contributed by atoms with Gasteiger partial charge in [-0.15, -0.1) is 0 Å². The number of hydrogen-bond donors (Lipinski definition) is 1. The molecule has 0 radical (unpaired) electrons. The molecule has 0 heterocycles. The van der Waals surface area contributed by atoms with Gasteiger partial charge in [0.15, 0.2) is 0 Å². The third kappa shape index (κ3) is 5.53. The number of rotatable bonds is 6. The Morgan fingerprint density at radius 2 is 1.94 bits per heavy atom. The summed E-state index contributed by atoms with van der Waals surface area (Å²) < 4.78 is 1.77. The molecule has 2 nitrogen and oxygen atoms in total. The highest BCUT2D eigenvalue weighted by Crippen LogP contribution is 2.21. The van der Waals surface area contributed by atoms with Gasteiger partial charge in [0.1, 0.15) is 0 Å². The molecule has 0 atom stereocenters. The molecule has 0 saturated heterocycles. The summed E-state index contributed by atoms with van der Waals surface area (Å²) in [7, 11) is 0. The molecule has 0 fully saturated rings. The van der Waals surface area contributed by atoms with Crippen molar-refractivity contribution in [3.05, 3.63) is 32.7 Å². The Balaban J connectivity index is 2.42. The molecule has 17 heavy (non-hydrogen) atoms. The maximum Gasteiger partial charge on any atom is 0.252 e. The highest BCUT2D eigenvalue weighted by atomic mass is 79.9. The van der Waals surface area contributed by atoms with Gasteiger partial charge in [-0.25, -0.2) is 0 Å². The summed E-state index contributed by atoms with van der Waals surface area (Å²) in [5, 5.41) is 3.95. The van der Waals surface area contributed by atoms with E-state index in [4.69, 9.17) is 0 Å². The first kappa shape index (κ1) is 15.2. The molecular weight excluding hydrogens is 414 g/mol. The molecule has 0 aliphatic rings. The van der Waals surface area contributed by atoms with Gasteiger partial charge >= 0.3 is 0 Å². The third-order valence-corrected chi connectivity index (χ3v) is 3.98. The van der Waals surface area contributed by atoms with Crippen molar-refractivity contribution in [2.45, 2.75) is 19.3 Å². The Morgan fingerprint density at radius 1 is 1.18 bits per heavy atom. The molecule has 0 saturated carbocycles. The zero-order valence-corrected chi connectivity index (χ0v) is 14.1. The summed E-state index contributed by atoms with van der Waals surface area (Å²) in [5.74, 6) is -0.0248. The van der Waals surface area contributed by atoms with E-state index in [1.165, 1.54) is 0 Å². The first-order valence-electron chi connectivity index (χ1n) is 5.44. The Morgan fingerprint density at radius 3 is 2.59 bits per heavy atom. The van der Waals surface area contributed by atoms with Crippen molar-refractivity contribution in [2.24, 2.45) is 0 Å². The second kappa shape index (κ2) is 8.27. The second-order valence-electron chi connectivity index (χ2n) is 3.63. The molecule has 0 spiro atoms. The van der Waals surface area contributed by atoms with Crippen molar-refractivity contribution in [3.8, 4) is 0 Å². The Bertz CT molecular complexity index is 382. The molecule has 5 heteroatoms. The van der Waals surface area contributed by atoms with Crippen LogP contribution in [0.25, 0.3) is 0 Å². The number of halogens is 3. The van der Waals surface area contributed by atoms with Crippen LogP contribution in [-0.4, -0.2) is 17.8 Å². The number of carbonyl (C=O) groups excluding carboxylic acids is 1. The van der Waals surface area contributed by atoms with Gasteiger partial charge in [-0.1, -0.05) is 38.3 Å². The van der Waals surface area contributed by atoms with E-state index in [2.05, 4.69) is 53.1 Å². The van der Waals surface area contributed by atoms with Crippen LogP contribution in [0.3, 0.4) is 0 Å². The van der Waals surface area contributed by atoms with Crippen LogP contribution in [0.1, 0.15) is 29.6 Å². The topological polar surface area (TPSA) is 29.1 Å². The van der Waals surface area contributed by atoms with E-state index < -0.39 is 0 Å². The summed E-state index contributed by atoms with van der Waals surface area (Å²) in [6, 6.07) is 5.55. The molecule has 94 valence electrons. The first-order chi connectivity index (χ1) is 8.15. The number of benzene rings is 1. The van der Waals surface area contributed by atoms with Gasteiger partial charge in [-0.2, -0.15) is 0 Å². The van der Waals surface area contributed by atoms with E-state index in [1.54, 1.807) is 0 Å². The average Bonchev–Trinajstić information content (AvgIpc) is 2.28. The van der Waals surface area contributed by atoms with E-state index >= 15 is 0 Å². The van der Waals surface area contributed by atoms with Crippen LogP contribution < -0.4 is 5.32 Å². The number of nitrogens with one attached hydrogen (secondary N) is 1. The zero-order chi connectivity index (χ0) is 12.7. The van der Waals surface area contributed by atoms with E-state index in [-0.39, 0.29) is 5.91 Å². The Hall–Kier alpha value is 0.130. The van der Waals surface area contributed by atoms with Crippen molar-refractivity contribution in [3.63, 3.8) is 0 Å². The number of carbonyl (C=O) groups is 1. The van der Waals surface area contributed by atoms with Crippen LogP contribution in [0.4, 0.5) is 0 Å². The molecule has 1 N–H and O–H groups in total. The fourth-order valence-electron chi connectivity index (χ4n) is 1.37. The summed E-state index contributed by atoms with van der Waals surface area (Å²) in [6.45, 7) is 0.730. The number of hydrogen-bond acceptors (Lipinski definition) is 1. The van der Waals surface area contributed by atoms with Gasteiger partial charge in [0.25, 0.3) is 5.91 Å². The van der Waals surface area contributed by atoms with Crippen LogP contribution in [0.2, 0.25) is 0 Å². The lowest BCUT2D eigenvalue weighted by Gasteiger charge is -2.06. The van der Waals surface area contributed by atoms with Crippen LogP contribution >= 0.6 is 47.8 Å². The first-order valence-corrected chi connectivity index (χ1v) is 8.15. The fraction of sp³-hybridized carbons (Fsp3) is 0.417. The van der Waals surface area contributed by atoms with Gasteiger partial charge < -0.3 is 5.32 Å². The van der Waals surface area contributed by atoms with E-state index in [0.717, 1.165) is 40.1 Å². The predicted molar refractivity (Wildman–Crippen MR) is 81.8 cm³/mol. The SMILES string of the molecule is O=C(NCCCCCBr)c1ccc(Br)cc1Br. The van der Waals surface area contributed by atoms with Crippen molar-refractivity contribution in [1.29, 1.82) is 0 Å². The minimum absolute atomic E-state index is 0.0248. The molecule has 1 aromatic rings. The highest BCUT2D eigenvalue weighted by molar-refractivity contribution is 9.11. The third-order valence-electron chi connectivity index (χ3n) is 2.27. The monoisotopic (exact) mass is 425 g/mol. The second-order valence-corrected chi connectivity index (χ2v) is 6.19. The Labute approximate surface area is 127 Å². The molecule has 0 aliphatic heterocycles. The summed E-state index contributed by atoms with van der Waals surface area (Å²) in [4.78, 5) is 11.8. The minimum atomic E-state index is -0.0248. The standard InChI is InChI=1S/C12H14Br3NO/c13-6-2-1-3-7-16-12(17)10-5-4-9(14)8-11(10)15/h4-5,8H,1-3,6-7H2,(H,16,17). The molecule has 1 amide bonds. The van der Waals surface area contributed by atoms with Crippen molar-refractivity contribution in [1.82, 2.24) is 5.32 Å². The summed E-state index contributed by atoms with van der Waals surface area (Å²) in [5.41, 5.74) is 0.675. The maximum absolute atomic E-state index is 11.8. The smallest absolute Gasteiger partial charge is 0.252 e. The van der Waals surface area contributed by atoms with Gasteiger partial charge in [-0.05, 0) is 47.0 Å². The molecule has 1 aromatic carbocycles. The van der Waals surface area contributed by atoms with Crippen LogP contribution in [0.15, 0.2) is 27.1 Å². The van der Waals surface area contributed by atoms with Crippen molar-refractivity contribution in [2.75, 3.05) is 11.9 Å². The lowest BCUT2D eigenvalue weighted by atomic mass is 10.2. The predicted octanol–water partition coefficient (Wildman–Crippen LogP) is 4.51. The van der Waals surface area contributed by atoms with Crippen LogP contribution in [0, 0.1) is 0 Å². The molecule has 0 unspecified atom stereocenters. The van der Waals surface area contributed by atoms with E-state index in [9.17, 15) is 4.79 Å². The normalized spacial score (nSPS) is 10.3. The lowest BCUT2D eigenvalue weighted by Crippen LogP contribution is -2.24. The van der Waals surface area contributed by atoms with Crippen LogP contribution in [0.5, 0.6) is 0 Å². The van der Waals surface area contributed by atoms with Gasteiger partial charge in [-0.3, -0.25) is 4.79 Å². The maximum atomic E-state index is 11.8. The highest BCUT2D eigenvalue weighted by Gasteiger charge is 2.09. The number of amides is 1. The molecule has 0 aliphatic carbocycles. The zero-order valence-electron chi connectivity index (χ0n) is 9.31. The van der Waals surface area contributed by atoms with Crippen LogP contribution in [-0.2, 0) is 0 Å². The van der Waals surface area contributed by atoms with Crippen molar-refractivity contribution < 1.29 is 4.79 Å². The molecule has 0 aromatic heterocycles. The molecule has 0 bridgehead atoms. The minimum Gasteiger partial charge on any atom is -0.352 e. The van der Waals surface area contributed by atoms with Gasteiger partial charge in [0, 0.05) is 20.8 Å². The van der Waals surface area contributed by atoms with Crippen molar-refractivity contribution >= 4 is 53.7 Å². The largest absolute Gasteiger partial charge is 0.352 e. The molecular formula is C12H14Br3NO. The average molecular weight is 428 g/mol. The van der Waals surface area contributed by atoms with E-state index in [1.807, 2.05) is 18.2 Å². The van der Waals surface area contributed by atoms with Gasteiger partial charge in [0.2, 0.25) is 0 Å². The fourth-order valence-corrected chi connectivity index (χ4v) is 2.99. The van der Waals surface area contributed by atoms with Gasteiger partial charge in [0.05, 0.1) is 5.56 Å². The Kier molecular flexibility index (Phi) is 7.39. The molecule has 1 rings (SSSR count). The number of alkyl halides is 1. The lowest BCUT2D eigenvalue weighted by molar-refractivity contribution is 0.0952. The quantitative estimate of drug-likeness (QED) is 0.525. The summed E-state index contributed by atoms with van der Waals surface area (Å²) >= 11 is 10.1. The number of unbranched alkanes of at least 4 members (excludes halogenated alkanes) is 2. The summed E-state index contributed by atoms with van der Waals surface area (Å²) in [6.07, 6.45) is 3.30. The van der Waals surface area contributed by atoms with E-state index in [0.29, 0.717) is 5.56 Å².